The van der Waals surface area contributed by atoms with E-state index in [-0.39, 0.29) is 0 Å². The number of carbonyl (C=O) groups excluding carboxylic acids is 3. The summed E-state index contributed by atoms with van der Waals surface area (Å²) in [6.07, 6.45) is 1.51. The molecular weight excluding hydrogens is 316 g/mol. The number of primary amides is 1. The Morgan fingerprint density at radius 2 is 2.00 bits per heavy atom. The monoisotopic (exact) mass is 336 g/mol. The van der Waals surface area contributed by atoms with Crippen molar-refractivity contribution in [2.24, 2.45) is 5.73 Å². The molecule has 1 rings (SSSR count). The van der Waals surface area contributed by atoms with Crippen LogP contribution in [0.4, 0.5) is 4.79 Å². The molecule has 0 aliphatic carbocycles. The average Bonchev–Trinajstić information content (AvgIpc) is 2.53. The lowest BCUT2D eigenvalue weighted by atomic mass is 10.2. The summed E-state index contributed by atoms with van der Waals surface area (Å²) >= 11 is 0. The number of methoxy groups -OCH3 is 1. The molecule has 1 atom stereocenters. The Morgan fingerprint density at radius 1 is 1.29 bits per heavy atom. The second-order valence-corrected chi connectivity index (χ2v) is 4.61. The number of esters is 1. The number of benzene rings is 1. The molecule has 0 saturated heterocycles. The second kappa shape index (κ2) is 9.19. The average molecular weight is 336 g/mol. The number of nitrogens with two attached hydrogens (primary N) is 1. The Hall–Kier alpha value is -3.03. The molecule has 8 nitrogen and oxygen atoms in total. The molecule has 0 saturated carbocycles. The van der Waals surface area contributed by atoms with Crippen LogP contribution in [0.15, 0.2) is 24.3 Å². The van der Waals surface area contributed by atoms with Gasteiger partial charge in [-0.25, -0.2) is 9.59 Å². The molecule has 0 heterocycles. The maximum atomic E-state index is 11.7. The van der Waals surface area contributed by atoms with Gasteiger partial charge in [-0.3, -0.25) is 10.1 Å². The van der Waals surface area contributed by atoms with Gasteiger partial charge in [-0.2, -0.15) is 0 Å². The third kappa shape index (κ3) is 5.99. The van der Waals surface area contributed by atoms with Crippen LogP contribution in [0.3, 0.4) is 0 Å². The molecule has 0 radical (unpaired) electrons. The standard InChI is InChI=1S/C16H20N2O6/c1-4-23-12-7-5-11(9-13(12)22-3)6-8-14(19)24-10(2)15(20)18-16(17)21/h5-10H,4H2,1-3H3,(H3,17,18,20,21)/b8-6+/t10-/m1/s1. The molecule has 3 amide bonds. The molecule has 130 valence electrons. The quantitative estimate of drug-likeness (QED) is 0.571. The lowest BCUT2D eigenvalue weighted by molar-refractivity contribution is -0.149. The van der Waals surface area contributed by atoms with E-state index in [1.165, 1.54) is 20.1 Å². The van der Waals surface area contributed by atoms with Crippen molar-refractivity contribution in [3.63, 3.8) is 0 Å². The number of amides is 3. The number of ether oxygens (including phenoxy) is 3. The summed E-state index contributed by atoms with van der Waals surface area (Å²) in [4.78, 5) is 33.6. The smallest absolute Gasteiger partial charge is 0.331 e. The zero-order chi connectivity index (χ0) is 18.1. The topological polar surface area (TPSA) is 117 Å². The SMILES string of the molecule is CCOc1ccc(/C=C/C(=O)O[C@H](C)C(=O)NC(N)=O)cc1OC. The predicted octanol–water partition coefficient (Wildman–Crippen LogP) is 1.23. The highest BCUT2D eigenvalue weighted by atomic mass is 16.5. The van der Waals surface area contributed by atoms with Crippen molar-refractivity contribution in [3.8, 4) is 11.5 Å². The highest BCUT2D eigenvalue weighted by molar-refractivity contribution is 5.97. The molecule has 0 unspecified atom stereocenters. The Kier molecular flexibility index (Phi) is 7.28. The molecular formula is C16H20N2O6. The van der Waals surface area contributed by atoms with Crippen molar-refractivity contribution in [2.75, 3.05) is 13.7 Å². The van der Waals surface area contributed by atoms with Crippen molar-refractivity contribution < 1.29 is 28.6 Å². The number of nitrogens with one attached hydrogen (secondary N) is 1. The maximum absolute atomic E-state index is 11.7. The van der Waals surface area contributed by atoms with Gasteiger partial charge < -0.3 is 19.9 Å². The summed E-state index contributed by atoms with van der Waals surface area (Å²) in [5, 5.41) is 1.82. The van der Waals surface area contributed by atoms with Crippen molar-refractivity contribution in [3.05, 3.63) is 29.8 Å². The van der Waals surface area contributed by atoms with Gasteiger partial charge in [0, 0.05) is 6.08 Å². The van der Waals surface area contributed by atoms with Crippen molar-refractivity contribution in [1.82, 2.24) is 5.32 Å². The summed E-state index contributed by atoms with van der Waals surface area (Å²) in [7, 11) is 1.51. The van der Waals surface area contributed by atoms with E-state index in [1.807, 2.05) is 12.2 Å². The largest absolute Gasteiger partial charge is 0.493 e. The van der Waals surface area contributed by atoms with Crippen molar-refractivity contribution in [2.45, 2.75) is 20.0 Å². The Balaban J connectivity index is 2.69. The summed E-state index contributed by atoms with van der Waals surface area (Å²) in [5.41, 5.74) is 5.49. The maximum Gasteiger partial charge on any atom is 0.331 e. The minimum Gasteiger partial charge on any atom is -0.493 e. The third-order valence-corrected chi connectivity index (χ3v) is 2.81. The van der Waals surface area contributed by atoms with E-state index in [2.05, 4.69) is 0 Å². The van der Waals surface area contributed by atoms with Crippen LogP contribution in [-0.4, -0.2) is 37.7 Å². The highest BCUT2D eigenvalue weighted by Gasteiger charge is 2.17. The summed E-state index contributed by atoms with van der Waals surface area (Å²) in [6.45, 7) is 3.69. The fourth-order valence-corrected chi connectivity index (χ4v) is 1.72. The van der Waals surface area contributed by atoms with E-state index in [1.54, 1.807) is 18.2 Å². The van der Waals surface area contributed by atoms with Crippen LogP contribution >= 0.6 is 0 Å². The van der Waals surface area contributed by atoms with E-state index in [9.17, 15) is 14.4 Å². The molecule has 0 aliphatic rings. The van der Waals surface area contributed by atoms with Crippen molar-refractivity contribution in [1.29, 1.82) is 0 Å². The number of carbonyl (C=O) groups is 3. The van der Waals surface area contributed by atoms with E-state index in [4.69, 9.17) is 19.9 Å². The molecule has 0 bridgehead atoms. The number of urea groups is 1. The number of rotatable bonds is 7. The first-order valence-electron chi connectivity index (χ1n) is 7.17. The molecule has 8 heteroatoms. The van der Waals surface area contributed by atoms with Crippen molar-refractivity contribution >= 4 is 24.0 Å². The molecule has 1 aromatic rings. The molecule has 0 spiro atoms. The van der Waals surface area contributed by atoms with E-state index < -0.39 is 24.0 Å². The molecule has 0 aliphatic heterocycles. The van der Waals surface area contributed by atoms with Crippen LogP contribution in [0.5, 0.6) is 11.5 Å². The van der Waals surface area contributed by atoms with Gasteiger partial charge >= 0.3 is 12.0 Å². The number of imide groups is 1. The van der Waals surface area contributed by atoms with Crippen LogP contribution in [0, 0.1) is 0 Å². The fraction of sp³-hybridized carbons (Fsp3) is 0.312. The first-order chi connectivity index (χ1) is 11.4. The zero-order valence-electron chi connectivity index (χ0n) is 13.7. The first kappa shape index (κ1) is 19.0. The van der Waals surface area contributed by atoms with Gasteiger partial charge in [0.2, 0.25) is 0 Å². The van der Waals surface area contributed by atoms with Crippen LogP contribution < -0.4 is 20.5 Å². The van der Waals surface area contributed by atoms with E-state index in [0.29, 0.717) is 23.7 Å². The van der Waals surface area contributed by atoms with Gasteiger partial charge in [0.1, 0.15) is 0 Å². The van der Waals surface area contributed by atoms with Gasteiger partial charge in [0.05, 0.1) is 13.7 Å². The predicted molar refractivity (Wildman–Crippen MR) is 86.5 cm³/mol. The van der Waals surface area contributed by atoms with Crippen LogP contribution in [-0.2, 0) is 14.3 Å². The second-order valence-electron chi connectivity index (χ2n) is 4.61. The summed E-state index contributed by atoms with van der Waals surface area (Å²) in [5.74, 6) is -0.417. The van der Waals surface area contributed by atoms with Gasteiger partial charge in [-0.15, -0.1) is 0 Å². The highest BCUT2D eigenvalue weighted by Crippen LogP contribution is 2.28. The minimum atomic E-state index is -1.15. The molecule has 0 aromatic heterocycles. The fourth-order valence-electron chi connectivity index (χ4n) is 1.72. The number of hydrogen-bond acceptors (Lipinski definition) is 6. The van der Waals surface area contributed by atoms with Crippen LogP contribution in [0.25, 0.3) is 6.08 Å². The molecule has 3 N–H and O–H groups in total. The van der Waals surface area contributed by atoms with Gasteiger partial charge in [0.15, 0.2) is 17.6 Å². The van der Waals surface area contributed by atoms with E-state index >= 15 is 0 Å². The zero-order valence-corrected chi connectivity index (χ0v) is 13.7. The lowest BCUT2D eigenvalue weighted by Crippen LogP contribution is -2.42. The van der Waals surface area contributed by atoms with Crippen LogP contribution in [0.2, 0.25) is 0 Å². The Labute approximate surface area is 139 Å². The molecule has 0 fully saturated rings. The van der Waals surface area contributed by atoms with Crippen LogP contribution in [0.1, 0.15) is 19.4 Å². The third-order valence-electron chi connectivity index (χ3n) is 2.81. The summed E-state index contributed by atoms with van der Waals surface area (Å²) in [6, 6.07) is 4.13. The van der Waals surface area contributed by atoms with E-state index in [0.717, 1.165) is 6.08 Å². The van der Waals surface area contributed by atoms with Gasteiger partial charge in [-0.1, -0.05) is 6.07 Å². The first-order valence-corrected chi connectivity index (χ1v) is 7.17. The normalized spacial score (nSPS) is 11.6. The summed E-state index contributed by atoms with van der Waals surface area (Å²) < 4.78 is 15.5. The minimum absolute atomic E-state index is 0.503. The number of hydrogen-bond donors (Lipinski definition) is 2. The molecule has 1 aromatic carbocycles. The van der Waals surface area contributed by atoms with Gasteiger partial charge in [-0.05, 0) is 37.6 Å². The van der Waals surface area contributed by atoms with Gasteiger partial charge in [0.25, 0.3) is 5.91 Å². The molecule has 24 heavy (non-hydrogen) atoms. The lowest BCUT2D eigenvalue weighted by Gasteiger charge is -2.10. The Morgan fingerprint density at radius 3 is 2.58 bits per heavy atom. The Bertz CT molecular complexity index is 641.